The lowest BCUT2D eigenvalue weighted by atomic mass is 10.2. The molecule has 0 fully saturated rings. The fraction of sp³-hybridized carbons (Fsp3) is 0.0909. The number of benzene rings is 1. The van der Waals surface area contributed by atoms with Gasteiger partial charge in [-0.05, 0) is 17.0 Å². The van der Waals surface area contributed by atoms with Crippen LogP contribution < -0.4 is 10.3 Å². The average Bonchev–Trinajstić information content (AvgIpc) is 2.84. The number of sulfonamides is 1. The maximum atomic E-state index is 11.7. The second-order valence-corrected chi connectivity index (χ2v) is 6.23. The Bertz CT molecular complexity index is 550. The molecular formula is C11H12N2O2S2. The Kier molecular flexibility index (Phi) is 3.90. The molecule has 0 aliphatic rings. The van der Waals surface area contributed by atoms with E-state index in [1.165, 1.54) is 11.3 Å². The third-order valence-electron chi connectivity index (χ3n) is 2.10. The number of rotatable bonds is 5. The smallest absolute Gasteiger partial charge is 0.239 e. The van der Waals surface area contributed by atoms with E-state index in [0.717, 1.165) is 5.56 Å². The van der Waals surface area contributed by atoms with Crippen LogP contribution in [0.15, 0.2) is 52.1 Å². The summed E-state index contributed by atoms with van der Waals surface area (Å²) < 4.78 is 23.7. The summed E-state index contributed by atoms with van der Waals surface area (Å²) in [5.74, 6) is 0. The van der Waals surface area contributed by atoms with Crippen LogP contribution in [0.5, 0.6) is 0 Å². The van der Waals surface area contributed by atoms with E-state index in [0.29, 0.717) is 10.8 Å². The van der Waals surface area contributed by atoms with Crippen LogP contribution in [0.3, 0.4) is 0 Å². The first-order chi connectivity index (χ1) is 8.18. The monoisotopic (exact) mass is 268 g/mol. The number of hydrazine groups is 1. The summed E-state index contributed by atoms with van der Waals surface area (Å²) in [4.78, 5) is 2.34. The number of thiophene rings is 1. The third kappa shape index (κ3) is 3.37. The highest BCUT2D eigenvalue weighted by atomic mass is 32.2. The van der Waals surface area contributed by atoms with Crippen LogP contribution >= 0.6 is 11.3 Å². The van der Waals surface area contributed by atoms with Crippen molar-refractivity contribution in [3.8, 4) is 0 Å². The van der Waals surface area contributed by atoms with Gasteiger partial charge >= 0.3 is 0 Å². The molecule has 1 aromatic heterocycles. The van der Waals surface area contributed by atoms with Gasteiger partial charge in [-0.1, -0.05) is 36.4 Å². The van der Waals surface area contributed by atoms with E-state index >= 15 is 0 Å². The number of nitrogens with one attached hydrogen (secondary N) is 2. The highest BCUT2D eigenvalue weighted by Gasteiger charge is 2.13. The highest BCUT2D eigenvalue weighted by molar-refractivity contribution is 7.91. The molecule has 2 aromatic rings. The van der Waals surface area contributed by atoms with E-state index in [4.69, 9.17) is 0 Å². The molecule has 1 aromatic carbocycles. The van der Waals surface area contributed by atoms with E-state index in [1.807, 2.05) is 30.3 Å². The lowest BCUT2D eigenvalue weighted by molar-refractivity contribution is 0.557. The topological polar surface area (TPSA) is 58.2 Å². The Morgan fingerprint density at radius 3 is 2.47 bits per heavy atom. The van der Waals surface area contributed by atoms with Crippen molar-refractivity contribution in [2.45, 2.75) is 10.8 Å². The first kappa shape index (κ1) is 12.3. The molecule has 0 radical (unpaired) electrons. The van der Waals surface area contributed by atoms with Crippen molar-refractivity contribution < 1.29 is 8.42 Å². The molecule has 17 heavy (non-hydrogen) atoms. The molecule has 0 bridgehead atoms. The van der Waals surface area contributed by atoms with Gasteiger partial charge in [-0.3, -0.25) is 0 Å². The van der Waals surface area contributed by atoms with Gasteiger partial charge in [0.05, 0.1) is 0 Å². The van der Waals surface area contributed by atoms with Crippen molar-refractivity contribution in [3.05, 3.63) is 53.4 Å². The zero-order valence-electron chi connectivity index (χ0n) is 8.96. The van der Waals surface area contributed by atoms with Gasteiger partial charge in [-0.15, -0.1) is 16.2 Å². The fourth-order valence-corrected chi connectivity index (χ4v) is 3.16. The molecule has 0 saturated heterocycles. The normalized spacial score (nSPS) is 11.5. The number of hydrogen-bond acceptors (Lipinski definition) is 4. The Morgan fingerprint density at radius 2 is 1.82 bits per heavy atom. The largest absolute Gasteiger partial charge is 0.262 e. The van der Waals surface area contributed by atoms with Gasteiger partial charge in [0.15, 0.2) is 0 Å². The zero-order chi connectivity index (χ0) is 12.1. The molecule has 4 nitrogen and oxygen atoms in total. The van der Waals surface area contributed by atoms with Gasteiger partial charge in [0, 0.05) is 6.54 Å². The molecular weight excluding hydrogens is 256 g/mol. The van der Waals surface area contributed by atoms with E-state index in [2.05, 4.69) is 10.3 Å². The lowest BCUT2D eigenvalue weighted by Crippen LogP contribution is -2.36. The fourth-order valence-electron chi connectivity index (χ4n) is 1.30. The van der Waals surface area contributed by atoms with Crippen LogP contribution in [0, 0.1) is 0 Å². The minimum atomic E-state index is -3.43. The molecule has 0 aliphatic heterocycles. The number of hydrogen-bond donors (Lipinski definition) is 2. The molecule has 90 valence electrons. The first-order valence-corrected chi connectivity index (χ1v) is 7.37. The molecule has 1 heterocycles. The van der Waals surface area contributed by atoms with Crippen molar-refractivity contribution in [2.75, 3.05) is 0 Å². The van der Waals surface area contributed by atoms with Gasteiger partial charge in [0.2, 0.25) is 0 Å². The van der Waals surface area contributed by atoms with Crippen LogP contribution in [0.4, 0.5) is 0 Å². The van der Waals surface area contributed by atoms with E-state index in [1.54, 1.807) is 17.5 Å². The van der Waals surface area contributed by atoms with Crippen LogP contribution in [-0.4, -0.2) is 8.42 Å². The standard InChI is InChI=1S/C11H12N2O2S2/c14-17(15,11-7-4-8-16-11)13-12-9-10-5-2-1-3-6-10/h1-8,12-13H,9H2. The van der Waals surface area contributed by atoms with Crippen LogP contribution in [0.1, 0.15) is 5.56 Å². The molecule has 0 spiro atoms. The molecule has 0 atom stereocenters. The SMILES string of the molecule is O=S(=O)(NNCc1ccccc1)c1cccs1. The van der Waals surface area contributed by atoms with E-state index in [-0.39, 0.29) is 0 Å². The Hall–Kier alpha value is -1.21. The predicted octanol–water partition coefficient (Wildman–Crippen LogP) is 1.73. The summed E-state index contributed by atoms with van der Waals surface area (Å²) in [6, 6.07) is 12.8. The molecule has 0 saturated carbocycles. The third-order valence-corrected chi connectivity index (χ3v) is 4.79. The maximum absolute atomic E-state index is 11.7. The summed E-state index contributed by atoms with van der Waals surface area (Å²) in [5, 5.41) is 1.73. The van der Waals surface area contributed by atoms with Crippen molar-refractivity contribution in [2.24, 2.45) is 0 Å². The van der Waals surface area contributed by atoms with Crippen LogP contribution in [0.25, 0.3) is 0 Å². The van der Waals surface area contributed by atoms with Gasteiger partial charge < -0.3 is 0 Å². The van der Waals surface area contributed by atoms with Crippen molar-refractivity contribution in [3.63, 3.8) is 0 Å². The zero-order valence-corrected chi connectivity index (χ0v) is 10.6. The summed E-state index contributed by atoms with van der Waals surface area (Å²) in [6.07, 6.45) is 0. The highest BCUT2D eigenvalue weighted by Crippen LogP contribution is 2.14. The molecule has 0 aliphatic carbocycles. The summed E-state index contributed by atoms with van der Waals surface area (Å²) in [6.45, 7) is 0.450. The van der Waals surface area contributed by atoms with Crippen LogP contribution in [-0.2, 0) is 16.6 Å². The second kappa shape index (κ2) is 5.42. The summed E-state index contributed by atoms with van der Waals surface area (Å²) >= 11 is 1.19. The van der Waals surface area contributed by atoms with Crippen molar-refractivity contribution in [1.29, 1.82) is 0 Å². The molecule has 2 rings (SSSR count). The Morgan fingerprint density at radius 1 is 1.06 bits per heavy atom. The van der Waals surface area contributed by atoms with Crippen molar-refractivity contribution >= 4 is 21.4 Å². The van der Waals surface area contributed by atoms with Gasteiger partial charge in [-0.25, -0.2) is 13.8 Å². The van der Waals surface area contributed by atoms with Crippen LogP contribution in [0.2, 0.25) is 0 Å². The molecule has 0 unspecified atom stereocenters. The Labute approximate surface area is 104 Å². The maximum Gasteiger partial charge on any atom is 0.262 e. The van der Waals surface area contributed by atoms with E-state index in [9.17, 15) is 8.42 Å². The quantitative estimate of drug-likeness (QED) is 0.812. The Balaban J connectivity index is 1.91. The predicted molar refractivity (Wildman–Crippen MR) is 67.9 cm³/mol. The molecule has 0 amide bonds. The average molecular weight is 268 g/mol. The van der Waals surface area contributed by atoms with Gasteiger partial charge in [-0.2, -0.15) is 0 Å². The summed E-state index contributed by atoms with van der Waals surface area (Å²) in [7, 11) is -3.43. The minimum absolute atomic E-state index is 0.304. The van der Waals surface area contributed by atoms with Crippen molar-refractivity contribution in [1.82, 2.24) is 10.3 Å². The lowest BCUT2D eigenvalue weighted by Gasteiger charge is -2.06. The molecule has 2 N–H and O–H groups in total. The second-order valence-electron chi connectivity index (χ2n) is 3.38. The summed E-state index contributed by atoms with van der Waals surface area (Å²) in [5.41, 5.74) is 3.71. The first-order valence-electron chi connectivity index (χ1n) is 5.00. The van der Waals surface area contributed by atoms with E-state index < -0.39 is 10.0 Å². The van der Waals surface area contributed by atoms with Gasteiger partial charge in [0.1, 0.15) is 4.21 Å². The minimum Gasteiger partial charge on any atom is -0.239 e. The molecule has 6 heteroatoms. The van der Waals surface area contributed by atoms with Gasteiger partial charge in [0.25, 0.3) is 10.0 Å².